The van der Waals surface area contributed by atoms with Crippen molar-refractivity contribution < 1.29 is 22.5 Å². The Balaban J connectivity index is 1.42. The van der Waals surface area contributed by atoms with Crippen LogP contribution in [-0.2, 0) is 19.1 Å². The molecule has 7 atom stereocenters. The summed E-state index contributed by atoms with van der Waals surface area (Å²) in [5.41, 5.74) is 1.76. The molecule has 0 spiro atoms. The Labute approximate surface area is 191 Å². The van der Waals surface area contributed by atoms with Crippen molar-refractivity contribution >= 4 is 15.9 Å². The highest BCUT2D eigenvalue weighted by atomic mass is 32.2. The maximum Gasteiger partial charge on any atom is 0.297 e. The van der Waals surface area contributed by atoms with E-state index in [1.807, 2.05) is 13.0 Å². The van der Waals surface area contributed by atoms with Crippen molar-refractivity contribution in [3.05, 3.63) is 41.5 Å². The van der Waals surface area contributed by atoms with Crippen molar-refractivity contribution in [1.29, 1.82) is 0 Å². The molecule has 1 aromatic rings. The molecule has 0 bridgehead atoms. The highest BCUT2D eigenvalue weighted by molar-refractivity contribution is 7.86. The largest absolute Gasteiger partial charge is 0.393 e. The van der Waals surface area contributed by atoms with Gasteiger partial charge >= 0.3 is 0 Å². The fourth-order valence-corrected chi connectivity index (χ4v) is 8.61. The van der Waals surface area contributed by atoms with E-state index in [-0.39, 0.29) is 45.4 Å². The van der Waals surface area contributed by atoms with Crippen LogP contribution in [0.25, 0.3) is 0 Å². The number of aliphatic hydroxyl groups excluding tert-OH is 1. The summed E-state index contributed by atoms with van der Waals surface area (Å²) in [4.78, 5) is 13.5. The lowest BCUT2D eigenvalue weighted by atomic mass is 9.47. The van der Waals surface area contributed by atoms with Gasteiger partial charge in [0.05, 0.1) is 17.1 Å². The lowest BCUT2D eigenvalue weighted by Crippen LogP contribution is -2.54. The van der Waals surface area contributed by atoms with Gasteiger partial charge in [0, 0.05) is 5.92 Å². The number of rotatable bonds is 3. The van der Waals surface area contributed by atoms with Crippen molar-refractivity contribution in [3.63, 3.8) is 0 Å². The van der Waals surface area contributed by atoms with E-state index in [0.29, 0.717) is 12.8 Å². The normalized spacial score (nSPS) is 41.4. The van der Waals surface area contributed by atoms with Crippen LogP contribution >= 0.6 is 0 Å². The average molecular weight is 459 g/mol. The van der Waals surface area contributed by atoms with Crippen LogP contribution in [0.15, 0.2) is 40.8 Å². The standard InChI is InChI=1S/C26H34O5S/c1-16-4-6-19(7-5-16)32(29,30)31-23-9-8-20-24-21(11-13-26(20,23)3)25(2)12-10-18(27)14-17(25)15-22(24)28/h4-7,15,18,20-21,23-24,27H,8-14H2,1-3H3/t18-,20-,21-,23-,24-,25-,26-/m0/s1. The number of ketones is 1. The van der Waals surface area contributed by atoms with Gasteiger partial charge in [-0.3, -0.25) is 8.98 Å². The number of carbonyl (C=O) groups excluding carboxylic acids is 1. The minimum Gasteiger partial charge on any atom is -0.393 e. The topological polar surface area (TPSA) is 80.7 Å². The van der Waals surface area contributed by atoms with Crippen LogP contribution in [0.4, 0.5) is 0 Å². The summed E-state index contributed by atoms with van der Waals surface area (Å²) in [5.74, 6) is 0.504. The second kappa shape index (κ2) is 7.51. The number of hydrogen-bond donors (Lipinski definition) is 1. The number of aliphatic hydroxyl groups is 1. The minimum atomic E-state index is -3.85. The summed E-state index contributed by atoms with van der Waals surface area (Å²) in [6.07, 6.45) is 6.63. The molecule has 0 amide bonds. The first-order valence-electron chi connectivity index (χ1n) is 12.0. The van der Waals surface area contributed by atoms with E-state index in [0.717, 1.165) is 43.2 Å². The van der Waals surface area contributed by atoms with Crippen LogP contribution in [0.3, 0.4) is 0 Å². The van der Waals surface area contributed by atoms with Crippen LogP contribution < -0.4 is 0 Å². The van der Waals surface area contributed by atoms with Gasteiger partial charge in [-0.05, 0) is 92.7 Å². The number of allylic oxidation sites excluding steroid dienone is 1. The third-order valence-electron chi connectivity index (χ3n) is 9.39. The zero-order valence-electron chi connectivity index (χ0n) is 19.2. The molecule has 0 aliphatic heterocycles. The second-order valence-corrected chi connectivity index (χ2v) is 12.7. The Hall–Kier alpha value is -1.50. The summed E-state index contributed by atoms with van der Waals surface area (Å²) < 4.78 is 31.9. The monoisotopic (exact) mass is 458 g/mol. The minimum absolute atomic E-state index is 0.0357. The summed E-state index contributed by atoms with van der Waals surface area (Å²) in [6, 6.07) is 6.78. The van der Waals surface area contributed by atoms with Gasteiger partial charge in [-0.2, -0.15) is 8.42 Å². The van der Waals surface area contributed by atoms with Gasteiger partial charge in [-0.1, -0.05) is 37.1 Å². The fraction of sp³-hybridized carbons (Fsp3) is 0.654. The predicted molar refractivity (Wildman–Crippen MR) is 121 cm³/mol. The zero-order valence-corrected chi connectivity index (χ0v) is 20.0. The van der Waals surface area contributed by atoms with Gasteiger partial charge in [-0.15, -0.1) is 0 Å². The highest BCUT2D eigenvalue weighted by Crippen LogP contribution is 2.64. The Kier molecular flexibility index (Phi) is 5.23. The van der Waals surface area contributed by atoms with E-state index in [1.54, 1.807) is 24.3 Å². The maximum absolute atomic E-state index is 13.3. The first-order valence-corrected chi connectivity index (χ1v) is 13.4. The molecule has 0 heterocycles. The maximum atomic E-state index is 13.3. The van der Waals surface area contributed by atoms with Crippen molar-refractivity contribution in [2.24, 2.45) is 28.6 Å². The Morgan fingerprint density at radius 3 is 2.44 bits per heavy atom. The number of aryl methyl sites for hydroxylation is 1. The van der Waals surface area contributed by atoms with E-state index in [2.05, 4.69) is 13.8 Å². The quantitative estimate of drug-likeness (QED) is 0.671. The molecular weight excluding hydrogens is 424 g/mol. The second-order valence-electron chi connectivity index (χ2n) is 11.1. The van der Waals surface area contributed by atoms with E-state index < -0.39 is 16.2 Å². The van der Waals surface area contributed by atoms with E-state index in [4.69, 9.17) is 4.18 Å². The molecule has 0 unspecified atom stereocenters. The molecule has 1 N–H and O–H groups in total. The van der Waals surface area contributed by atoms with Crippen molar-refractivity contribution in [1.82, 2.24) is 0 Å². The highest BCUT2D eigenvalue weighted by Gasteiger charge is 2.61. The molecule has 6 heteroatoms. The molecule has 3 saturated carbocycles. The molecule has 0 saturated heterocycles. The number of carbonyl (C=O) groups is 1. The van der Waals surface area contributed by atoms with Gasteiger partial charge < -0.3 is 5.11 Å². The van der Waals surface area contributed by atoms with Crippen molar-refractivity contribution in [2.75, 3.05) is 0 Å². The summed E-state index contributed by atoms with van der Waals surface area (Å²) in [6.45, 7) is 6.34. The smallest absolute Gasteiger partial charge is 0.297 e. The molecule has 4 aliphatic rings. The van der Waals surface area contributed by atoms with Gasteiger partial charge in [0.1, 0.15) is 0 Å². The van der Waals surface area contributed by atoms with E-state index in [9.17, 15) is 18.3 Å². The number of benzene rings is 1. The van der Waals surface area contributed by atoms with Crippen LogP contribution in [0.5, 0.6) is 0 Å². The summed E-state index contributed by atoms with van der Waals surface area (Å²) in [7, 11) is -3.85. The summed E-state index contributed by atoms with van der Waals surface area (Å²) >= 11 is 0. The van der Waals surface area contributed by atoms with Gasteiger partial charge in [0.25, 0.3) is 10.1 Å². The molecule has 5 nitrogen and oxygen atoms in total. The predicted octanol–water partition coefficient (Wildman–Crippen LogP) is 4.57. The third-order valence-corrected chi connectivity index (χ3v) is 10.7. The van der Waals surface area contributed by atoms with Crippen molar-refractivity contribution in [2.45, 2.75) is 82.8 Å². The van der Waals surface area contributed by atoms with Crippen LogP contribution in [0.1, 0.15) is 64.4 Å². The first-order chi connectivity index (χ1) is 15.0. The summed E-state index contributed by atoms with van der Waals surface area (Å²) in [5, 5.41) is 10.2. The molecular formula is C26H34O5S. The van der Waals surface area contributed by atoms with Gasteiger partial charge in [0.2, 0.25) is 0 Å². The first kappa shape index (κ1) is 22.3. The van der Waals surface area contributed by atoms with Crippen LogP contribution in [0, 0.1) is 35.5 Å². The number of hydrogen-bond acceptors (Lipinski definition) is 5. The third kappa shape index (κ3) is 3.33. The van der Waals surface area contributed by atoms with Gasteiger partial charge in [0.15, 0.2) is 5.78 Å². The average Bonchev–Trinajstić information content (AvgIpc) is 3.05. The molecule has 0 radical (unpaired) electrons. The molecule has 174 valence electrons. The van der Waals surface area contributed by atoms with Crippen LogP contribution in [0.2, 0.25) is 0 Å². The van der Waals surface area contributed by atoms with E-state index >= 15 is 0 Å². The number of fused-ring (bicyclic) bond motifs is 5. The lowest BCUT2D eigenvalue weighted by molar-refractivity contribution is -0.135. The lowest BCUT2D eigenvalue weighted by Gasteiger charge is -2.56. The zero-order chi connectivity index (χ0) is 22.9. The van der Waals surface area contributed by atoms with Crippen molar-refractivity contribution in [3.8, 4) is 0 Å². The molecule has 1 aromatic carbocycles. The van der Waals surface area contributed by atoms with Crippen LogP contribution in [-0.4, -0.2) is 31.5 Å². The Morgan fingerprint density at radius 2 is 1.72 bits per heavy atom. The molecule has 3 fully saturated rings. The SMILES string of the molecule is Cc1ccc(S(=O)(=O)O[C@H]2CC[C@H]3[C@@H]4C(=O)C=C5C[C@@H](O)CC[C@]5(C)[C@H]4CC[C@]23C)cc1. The Morgan fingerprint density at radius 1 is 1.00 bits per heavy atom. The van der Waals surface area contributed by atoms with E-state index in [1.165, 1.54) is 0 Å². The molecule has 32 heavy (non-hydrogen) atoms. The van der Waals surface area contributed by atoms with Gasteiger partial charge in [-0.25, -0.2) is 0 Å². The molecule has 4 aliphatic carbocycles. The fourth-order valence-electron chi connectivity index (χ4n) is 7.41. The Bertz CT molecular complexity index is 1060. The molecule has 5 rings (SSSR count). The molecule has 0 aromatic heterocycles.